The highest BCUT2D eigenvalue weighted by Gasteiger charge is 2.19. The van der Waals surface area contributed by atoms with Gasteiger partial charge in [-0.3, -0.25) is 9.80 Å². The Morgan fingerprint density at radius 2 is 1.65 bits per heavy atom. The van der Waals surface area contributed by atoms with Gasteiger partial charge >= 0.3 is 0 Å². The molecule has 0 saturated carbocycles. The smallest absolute Gasteiger partial charge is 0.123 e. The lowest BCUT2D eigenvalue weighted by Gasteiger charge is -2.35. The Morgan fingerprint density at radius 1 is 0.968 bits per heavy atom. The van der Waals surface area contributed by atoms with Crippen molar-refractivity contribution in [2.24, 2.45) is 0 Å². The molecule has 8 heteroatoms. The van der Waals surface area contributed by atoms with E-state index >= 15 is 0 Å². The second-order valence-corrected chi connectivity index (χ2v) is 7.90. The van der Waals surface area contributed by atoms with E-state index in [4.69, 9.17) is 25.8 Å². The molecule has 0 aliphatic carbocycles. The number of aliphatic hydroxyl groups excluding tert-OH is 1. The van der Waals surface area contributed by atoms with Crippen LogP contribution in [0.3, 0.4) is 0 Å². The van der Waals surface area contributed by atoms with Crippen molar-refractivity contribution in [3.8, 4) is 11.5 Å². The van der Waals surface area contributed by atoms with Crippen LogP contribution in [0.1, 0.15) is 5.56 Å². The number of hydrogen-bond acceptors (Lipinski definition) is 6. The second-order valence-electron chi connectivity index (χ2n) is 7.46. The van der Waals surface area contributed by atoms with Crippen molar-refractivity contribution in [2.45, 2.75) is 12.6 Å². The fourth-order valence-corrected chi connectivity index (χ4v) is 3.58. The number of ether oxygens (including phenoxy) is 3. The molecule has 2 aromatic carbocycles. The average Bonchev–Trinajstić information content (AvgIpc) is 2.76. The summed E-state index contributed by atoms with van der Waals surface area (Å²) in [4.78, 5) is 4.72. The predicted octanol–water partition coefficient (Wildman–Crippen LogP) is -0.0733. The van der Waals surface area contributed by atoms with Crippen LogP contribution < -0.4 is 21.9 Å². The highest BCUT2D eigenvalue weighted by atomic mass is 35.5. The van der Waals surface area contributed by atoms with E-state index < -0.39 is 6.10 Å². The van der Waals surface area contributed by atoms with Gasteiger partial charge in [0.15, 0.2) is 0 Å². The van der Waals surface area contributed by atoms with Crippen LogP contribution in [-0.4, -0.2) is 80.7 Å². The van der Waals surface area contributed by atoms with Gasteiger partial charge in [-0.15, -0.1) is 0 Å². The summed E-state index contributed by atoms with van der Waals surface area (Å²) in [6.07, 6.45) is -0.496. The Kier molecular flexibility index (Phi) is 11.4. The molecule has 1 saturated heterocycles. The zero-order valence-electron chi connectivity index (χ0n) is 17.9. The Morgan fingerprint density at radius 3 is 2.35 bits per heavy atom. The van der Waals surface area contributed by atoms with Crippen LogP contribution in [-0.2, 0) is 11.3 Å². The predicted molar refractivity (Wildman–Crippen MR) is 118 cm³/mol. The molecular weight excluding hydrogens is 439 g/mol. The maximum atomic E-state index is 10.3. The lowest BCUT2D eigenvalue weighted by Crippen LogP contribution is -3.00. The van der Waals surface area contributed by atoms with E-state index in [1.165, 1.54) is 5.56 Å². The summed E-state index contributed by atoms with van der Waals surface area (Å²) in [5.74, 6) is 1.51. The summed E-state index contributed by atoms with van der Waals surface area (Å²) in [7, 11) is 1.63. The maximum absolute atomic E-state index is 10.3. The van der Waals surface area contributed by atoms with Gasteiger partial charge in [0.1, 0.15) is 18.1 Å². The molecule has 1 aliphatic rings. The molecule has 0 spiro atoms. The third-order valence-electron chi connectivity index (χ3n) is 5.10. The molecule has 1 heterocycles. The van der Waals surface area contributed by atoms with Gasteiger partial charge in [0.05, 0.1) is 26.4 Å². The topological polar surface area (TPSA) is 54.4 Å². The minimum absolute atomic E-state index is 0. The molecule has 31 heavy (non-hydrogen) atoms. The Hall–Kier alpha value is -1.54. The van der Waals surface area contributed by atoms with Crippen molar-refractivity contribution >= 4 is 11.6 Å². The number of methoxy groups -OCH3 is 1. The van der Waals surface area contributed by atoms with Crippen LogP contribution >= 0.6 is 11.6 Å². The summed E-state index contributed by atoms with van der Waals surface area (Å²) in [5.41, 5.74) is 1.28. The fraction of sp³-hybridized carbons (Fsp3) is 0.478. The summed E-state index contributed by atoms with van der Waals surface area (Å²) >= 11 is 5.95. The molecule has 0 bridgehead atoms. The highest BCUT2D eigenvalue weighted by Crippen LogP contribution is 2.18. The number of piperazine rings is 1. The first-order chi connectivity index (χ1) is 14.6. The monoisotopic (exact) mass is 469 g/mol. The SMILES string of the molecule is COc1cccc(OCCOCC(O)CN2CCN(Cc3ccc(Cl)cc3)CC2)c1.[Cl-]. The molecule has 1 aliphatic heterocycles. The van der Waals surface area contributed by atoms with Crippen molar-refractivity contribution in [1.82, 2.24) is 9.80 Å². The lowest BCUT2D eigenvalue weighted by atomic mass is 10.2. The largest absolute Gasteiger partial charge is 1.00 e. The Balaban J connectivity index is 0.00000341. The first-order valence-corrected chi connectivity index (χ1v) is 10.7. The lowest BCUT2D eigenvalue weighted by molar-refractivity contribution is -0.000541. The number of nitrogens with zero attached hydrogens (tertiary/aromatic N) is 2. The van der Waals surface area contributed by atoms with Crippen LogP contribution in [0.25, 0.3) is 0 Å². The molecule has 6 nitrogen and oxygen atoms in total. The van der Waals surface area contributed by atoms with Crippen LogP contribution in [0, 0.1) is 0 Å². The van der Waals surface area contributed by atoms with Crippen molar-refractivity contribution < 1.29 is 31.7 Å². The standard InChI is InChI=1S/C23H31ClN2O4.ClH/c1-28-22-3-2-4-23(15-22)30-14-13-29-18-21(27)17-26-11-9-25(10-12-26)16-19-5-7-20(24)8-6-19;/h2-8,15,21,27H,9-14,16-18H2,1H3;1H/p-1. The Labute approximate surface area is 196 Å². The molecule has 1 atom stereocenters. The number of halogens is 2. The molecular formula is C23H31Cl2N2O4-. The second kappa shape index (κ2) is 13.8. The van der Waals surface area contributed by atoms with E-state index in [0.29, 0.717) is 26.4 Å². The van der Waals surface area contributed by atoms with Gasteiger partial charge in [0, 0.05) is 50.4 Å². The number of hydrogen-bond donors (Lipinski definition) is 1. The van der Waals surface area contributed by atoms with Crippen LogP contribution in [0.2, 0.25) is 5.02 Å². The molecule has 1 N–H and O–H groups in total. The van der Waals surface area contributed by atoms with E-state index in [9.17, 15) is 5.11 Å². The molecule has 0 radical (unpaired) electrons. The highest BCUT2D eigenvalue weighted by molar-refractivity contribution is 6.30. The zero-order valence-corrected chi connectivity index (χ0v) is 19.4. The minimum atomic E-state index is -0.496. The molecule has 3 rings (SSSR count). The van der Waals surface area contributed by atoms with Crippen LogP contribution in [0.5, 0.6) is 11.5 Å². The normalized spacial score (nSPS) is 15.8. The molecule has 2 aromatic rings. The van der Waals surface area contributed by atoms with Gasteiger partial charge in [-0.1, -0.05) is 29.8 Å². The zero-order chi connectivity index (χ0) is 21.2. The quantitative estimate of drug-likeness (QED) is 0.464. The van der Waals surface area contributed by atoms with Crippen molar-refractivity contribution in [3.63, 3.8) is 0 Å². The number of benzene rings is 2. The summed E-state index contributed by atoms with van der Waals surface area (Å²) in [6.45, 7) is 6.62. The van der Waals surface area contributed by atoms with E-state index in [2.05, 4.69) is 21.9 Å². The third kappa shape index (κ3) is 9.23. The van der Waals surface area contributed by atoms with Crippen molar-refractivity contribution in [2.75, 3.05) is 59.7 Å². The van der Waals surface area contributed by atoms with Crippen molar-refractivity contribution in [3.05, 3.63) is 59.1 Å². The van der Waals surface area contributed by atoms with E-state index in [1.807, 2.05) is 36.4 Å². The number of β-amino-alcohol motifs (C(OH)–C–C–N with tert-alkyl or cyclic N) is 1. The van der Waals surface area contributed by atoms with Gasteiger partial charge in [-0.05, 0) is 29.8 Å². The van der Waals surface area contributed by atoms with Crippen LogP contribution in [0.4, 0.5) is 0 Å². The van der Waals surface area contributed by atoms with E-state index in [0.717, 1.165) is 49.2 Å². The van der Waals surface area contributed by atoms with Gasteiger partial charge < -0.3 is 31.7 Å². The van der Waals surface area contributed by atoms with Gasteiger partial charge in [0.25, 0.3) is 0 Å². The fourth-order valence-electron chi connectivity index (χ4n) is 3.46. The van der Waals surface area contributed by atoms with Gasteiger partial charge in [0.2, 0.25) is 0 Å². The summed E-state index contributed by atoms with van der Waals surface area (Å²) in [5, 5.41) is 11.0. The summed E-state index contributed by atoms with van der Waals surface area (Å²) in [6, 6.07) is 15.5. The molecule has 0 aromatic heterocycles. The third-order valence-corrected chi connectivity index (χ3v) is 5.35. The molecule has 172 valence electrons. The van der Waals surface area contributed by atoms with E-state index in [1.54, 1.807) is 7.11 Å². The number of rotatable bonds is 11. The van der Waals surface area contributed by atoms with Crippen molar-refractivity contribution in [1.29, 1.82) is 0 Å². The maximum Gasteiger partial charge on any atom is 0.123 e. The molecule has 1 fully saturated rings. The average molecular weight is 470 g/mol. The van der Waals surface area contributed by atoms with Gasteiger partial charge in [-0.2, -0.15) is 0 Å². The first kappa shape index (κ1) is 25.7. The van der Waals surface area contributed by atoms with E-state index in [-0.39, 0.29) is 12.4 Å². The summed E-state index contributed by atoms with van der Waals surface area (Å²) < 4.78 is 16.4. The minimum Gasteiger partial charge on any atom is -1.00 e. The molecule has 0 amide bonds. The molecule has 1 unspecified atom stereocenters. The van der Waals surface area contributed by atoms with Crippen LogP contribution in [0.15, 0.2) is 48.5 Å². The van der Waals surface area contributed by atoms with Gasteiger partial charge in [-0.25, -0.2) is 0 Å². The Bertz CT molecular complexity index is 755. The first-order valence-electron chi connectivity index (χ1n) is 10.3. The number of aliphatic hydroxyl groups is 1.